The van der Waals surface area contributed by atoms with Gasteiger partial charge >= 0.3 is 0 Å². The number of rotatable bonds is 4. The lowest BCUT2D eigenvalue weighted by molar-refractivity contribution is 0.156. The molecule has 0 saturated carbocycles. The Kier molecular flexibility index (Phi) is 4.74. The predicted molar refractivity (Wildman–Crippen MR) is 61.5 cm³/mol. The number of hydrogen-bond acceptors (Lipinski definition) is 1. The Morgan fingerprint density at radius 2 is 1.54 bits per heavy atom. The van der Waals surface area contributed by atoms with E-state index < -0.39 is 0 Å². The van der Waals surface area contributed by atoms with Crippen molar-refractivity contribution in [1.82, 2.24) is 4.90 Å². The average molecular weight is 206 g/mol. The van der Waals surface area contributed by atoms with E-state index in [1.54, 1.807) is 0 Å². The van der Waals surface area contributed by atoms with Gasteiger partial charge in [0.15, 0.2) is 0 Å². The van der Waals surface area contributed by atoms with E-state index in [1.807, 2.05) is 0 Å². The number of alkyl halides is 1. The minimum atomic E-state index is 0.118. The molecule has 0 atom stereocenters. The Morgan fingerprint density at radius 1 is 1.08 bits per heavy atom. The van der Waals surface area contributed by atoms with Crippen LogP contribution in [0.2, 0.25) is 0 Å². The van der Waals surface area contributed by atoms with Crippen LogP contribution in [0, 0.1) is 5.41 Å². The van der Waals surface area contributed by atoms with Gasteiger partial charge in [-0.3, -0.25) is 0 Å². The van der Waals surface area contributed by atoms with Gasteiger partial charge in [0, 0.05) is 11.4 Å². The zero-order valence-electron chi connectivity index (χ0n) is 9.95. The van der Waals surface area contributed by atoms with Gasteiger partial charge in [-0.15, -0.1) is 11.6 Å². The van der Waals surface area contributed by atoms with Gasteiger partial charge in [-0.1, -0.05) is 20.8 Å². The van der Waals surface area contributed by atoms with E-state index in [-0.39, 0.29) is 5.54 Å². The van der Waals surface area contributed by atoms with Crippen LogP contribution in [0.5, 0.6) is 0 Å². The van der Waals surface area contributed by atoms with Crippen molar-refractivity contribution in [2.75, 3.05) is 19.5 Å². The van der Waals surface area contributed by atoms with Gasteiger partial charge in [0.05, 0.1) is 0 Å². The second kappa shape index (κ2) is 4.65. The van der Waals surface area contributed by atoms with E-state index in [2.05, 4.69) is 46.6 Å². The van der Waals surface area contributed by atoms with Crippen LogP contribution in [0.3, 0.4) is 0 Å². The van der Waals surface area contributed by atoms with Crippen molar-refractivity contribution < 1.29 is 0 Å². The number of hydrogen-bond donors (Lipinski definition) is 0. The standard InChI is InChI=1S/C11H24ClN/c1-10(2,3)7-8-13(6)11(4,5)9-12/h7-9H2,1-6H3. The van der Waals surface area contributed by atoms with E-state index in [4.69, 9.17) is 11.6 Å². The Morgan fingerprint density at radius 3 is 1.85 bits per heavy atom. The maximum atomic E-state index is 5.90. The van der Waals surface area contributed by atoms with Crippen LogP contribution in [0.1, 0.15) is 41.0 Å². The monoisotopic (exact) mass is 205 g/mol. The van der Waals surface area contributed by atoms with Crippen molar-refractivity contribution in [2.24, 2.45) is 5.41 Å². The zero-order chi connectivity index (χ0) is 10.7. The number of nitrogens with zero attached hydrogens (tertiary/aromatic N) is 1. The topological polar surface area (TPSA) is 3.24 Å². The largest absolute Gasteiger partial charge is 0.300 e. The smallest absolute Gasteiger partial charge is 0.0402 e. The summed E-state index contributed by atoms with van der Waals surface area (Å²) in [5.41, 5.74) is 0.531. The first-order chi connectivity index (χ1) is 5.69. The lowest BCUT2D eigenvalue weighted by Crippen LogP contribution is -2.43. The minimum absolute atomic E-state index is 0.118. The Balaban J connectivity index is 3.95. The van der Waals surface area contributed by atoms with Crippen LogP contribution >= 0.6 is 11.6 Å². The third-order valence-electron chi connectivity index (χ3n) is 2.56. The fourth-order valence-electron chi connectivity index (χ4n) is 0.908. The number of halogens is 1. The van der Waals surface area contributed by atoms with Crippen LogP contribution in [0.15, 0.2) is 0 Å². The van der Waals surface area contributed by atoms with Crippen LogP contribution in [0.4, 0.5) is 0 Å². The van der Waals surface area contributed by atoms with Gasteiger partial charge in [-0.25, -0.2) is 0 Å². The van der Waals surface area contributed by atoms with Crippen molar-refractivity contribution in [3.05, 3.63) is 0 Å². The van der Waals surface area contributed by atoms with Gasteiger partial charge in [0.1, 0.15) is 0 Å². The highest BCUT2D eigenvalue weighted by atomic mass is 35.5. The quantitative estimate of drug-likeness (QED) is 0.637. The highest BCUT2D eigenvalue weighted by Crippen LogP contribution is 2.21. The molecular formula is C11H24ClN. The van der Waals surface area contributed by atoms with E-state index in [0.717, 1.165) is 6.54 Å². The fraction of sp³-hybridized carbons (Fsp3) is 1.00. The summed E-state index contributed by atoms with van der Waals surface area (Å²) in [6.45, 7) is 12.3. The van der Waals surface area contributed by atoms with E-state index >= 15 is 0 Å². The maximum absolute atomic E-state index is 5.90. The molecular weight excluding hydrogens is 182 g/mol. The lowest BCUT2D eigenvalue weighted by Gasteiger charge is -2.35. The predicted octanol–water partition coefficient (Wildman–Crippen LogP) is 3.37. The molecule has 80 valence electrons. The molecule has 0 aromatic carbocycles. The fourth-order valence-corrected chi connectivity index (χ4v) is 1.11. The summed E-state index contributed by atoms with van der Waals surface area (Å²) in [5.74, 6) is 0.688. The van der Waals surface area contributed by atoms with Crippen molar-refractivity contribution >= 4 is 11.6 Å². The molecule has 0 amide bonds. The molecule has 0 rings (SSSR count). The first-order valence-corrected chi connectivity index (χ1v) is 5.50. The van der Waals surface area contributed by atoms with E-state index in [1.165, 1.54) is 6.42 Å². The summed E-state index contributed by atoms with van der Waals surface area (Å²) in [4.78, 5) is 2.34. The highest BCUT2D eigenvalue weighted by Gasteiger charge is 2.23. The van der Waals surface area contributed by atoms with Crippen molar-refractivity contribution in [1.29, 1.82) is 0 Å². The molecule has 0 radical (unpaired) electrons. The average Bonchev–Trinajstić information content (AvgIpc) is 1.98. The molecule has 0 fully saturated rings. The zero-order valence-corrected chi connectivity index (χ0v) is 10.7. The third-order valence-corrected chi connectivity index (χ3v) is 3.21. The molecule has 0 N–H and O–H groups in total. The van der Waals surface area contributed by atoms with Gasteiger partial charge in [0.25, 0.3) is 0 Å². The summed E-state index contributed by atoms with van der Waals surface area (Å²) in [7, 11) is 2.15. The molecule has 0 heterocycles. The molecule has 1 nitrogen and oxygen atoms in total. The van der Waals surface area contributed by atoms with Crippen molar-refractivity contribution in [2.45, 2.75) is 46.6 Å². The summed E-state index contributed by atoms with van der Waals surface area (Å²) >= 11 is 5.90. The summed E-state index contributed by atoms with van der Waals surface area (Å²) in [6.07, 6.45) is 1.21. The molecule has 0 aliphatic carbocycles. The molecule has 0 saturated heterocycles. The van der Waals surface area contributed by atoms with Gasteiger partial charge in [-0.2, -0.15) is 0 Å². The van der Waals surface area contributed by atoms with Gasteiger partial charge in [0.2, 0.25) is 0 Å². The van der Waals surface area contributed by atoms with Crippen LogP contribution in [-0.4, -0.2) is 29.9 Å². The van der Waals surface area contributed by atoms with Crippen molar-refractivity contribution in [3.8, 4) is 0 Å². The summed E-state index contributed by atoms with van der Waals surface area (Å²) in [6, 6.07) is 0. The molecule has 0 aliphatic rings. The second-order valence-corrected chi connectivity index (χ2v) is 5.95. The molecule has 2 heteroatoms. The second-order valence-electron chi connectivity index (χ2n) is 5.68. The molecule has 0 spiro atoms. The SMILES string of the molecule is CN(CCC(C)(C)C)C(C)(C)CCl. The lowest BCUT2D eigenvalue weighted by atomic mass is 9.91. The van der Waals surface area contributed by atoms with Crippen LogP contribution in [0.25, 0.3) is 0 Å². The Labute approximate surface area is 88.5 Å². The first kappa shape index (κ1) is 13.2. The molecule has 0 bridgehead atoms. The van der Waals surface area contributed by atoms with Gasteiger partial charge < -0.3 is 4.90 Å². The maximum Gasteiger partial charge on any atom is 0.0402 e. The molecule has 0 aliphatic heterocycles. The Hall–Kier alpha value is 0.250. The first-order valence-electron chi connectivity index (χ1n) is 4.96. The van der Waals surface area contributed by atoms with E-state index in [0.29, 0.717) is 11.3 Å². The molecule has 0 unspecified atom stereocenters. The summed E-state index contributed by atoms with van der Waals surface area (Å²) < 4.78 is 0. The molecule has 13 heavy (non-hydrogen) atoms. The molecule has 0 aromatic heterocycles. The molecule has 0 aromatic rings. The van der Waals surface area contributed by atoms with Crippen LogP contribution < -0.4 is 0 Å². The normalized spacial score (nSPS) is 13.8. The Bertz CT molecular complexity index is 147. The highest BCUT2D eigenvalue weighted by molar-refractivity contribution is 6.18. The van der Waals surface area contributed by atoms with Crippen molar-refractivity contribution in [3.63, 3.8) is 0 Å². The minimum Gasteiger partial charge on any atom is -0.300 e. The van der Waals surface area contributed by atoms with Gasteiger partial charge in [-0.05, 0) is 39.3 Å². The van der Waals surface area contributed by atoms with E-state index in [9.17, 15) is 0 Å². The third kappa shape index (κ3) is 5.53. The summed E-state index contributed by atoms with van der Waals surface area (Å²) in [5, 5.41) is 0. The van der Waals surface area contributed by atoms with Crippen LogP contribution in [-0.2, 0) is 0 Å².